The first-order valence-electron chi connectivity index (χ1n) is 11.5. The molecule has 5 rings (SSSR count). The first kappa shape index (κ1) is 24.5. The third kappa shape index (κ3) is 4.91. The zero-order chi connectivity index (χ0) is 26.1. The van der Waals surface area contributed by atoms with Gasteiger partial charge in [0.25, 0.3) is 11.6 Å². The van der Waals surface area contributed by atoms with Crippen LogP contribution in [0, 0.1) is 17.0 Å². The predicted molar refractivity (Wildman–Crippen MR) is 139 cm³/mol. The van der Waals surface area contributed by atoms with Crippen molar-refractivity contribution in [2.24, 2.45) is 0 Å². The fourth-order valence-electron chi connectivity index (χ4n) is 4.17. The highest BCUT2D eigenvalue weighted by Crippen LogP contribution is 2.31. The number of methoxy groups -OCH3 is 1. The Morgan fingerprint density at radius 1 is 1.11 bits per heavy atom. The van der Waals surface area contributed by atoms with Crippen molar-refractivity contribution in [2.75, 3.05) is 43.6 Å². The minimum absolute atomic E-state index is 0.122. The molecular formula is C25H23ClN6O5. The molecule has 11 nitrogen and oxygen atoms in total. The summed E-state index contributed by atoms with van der Waals surface area (Å²) < 4.78 is 10.5. The number of nitrogens with zero attached hydrogens (tertiary/aromatic N) is 5. The number of aromatic nitrogens is 3. The molecule has 1 amide bonds. The van der Waals surface area contributed by atoms with E-state index in [2.05, 4.69) is 15.5 Å². The van der Waals surface area contributed by atoms with Gasteiger partial charge in [0.2, 0.25) is 0 Å². The number of ether oxygens (including phenoxy) is 2. The molecule has 0 bridgehead atoms. The molecule has 1 aromatic heterocycles. The topological polar surface area (TPSA) is 125 Å². The zero-order valence-electron chi connectivity index (χ0n) is 20.1. The molecule has 1 N–H and O–H groups in total. The van der Waals surface area contributed by atoms with Crippen LogP contribution in [0.2, 0.25) is 5.02 Å². The van der Waals surface area contributed by atoms with Gasteiger partial charge in [-0.15, -0.1) is 10.2 Å². The predicted octanol–water partition coefficient (Wildman–Crippen LogP) is 4.39. The quantitative estimate of drug-likeness (QED) is 0.292. The number of nitrogens with one attached hydrogen (secondary N) is 1. The van der Waals surface area contributed by atoms with Crippen molar-refractivity contribution in [3.8, 4) is 11.4 Å². The molecule has 1 saturated heterocycles. The summed E-state index contributed by atoms with van der Waals surface area (Å²) in [6.45, 7) is 3.93. The van der Waals surface area contributed by atoms with E-state index in [1.807, 2.05) is 17.9 Å². The van der Waals surface area contributed by atoms with Crippen LogP contribution in [-0.2, 0) is 4.74 Å². The average molecular weight is 523 g/mol. The summed E-state index contributed by atoms with van der Waals surface area (Å²) in [5.74, 6) is 0.0783. The van der Waals surface area contributed by atoms with Crippen LogP contribution >= 0.6 is 11.6 Å². The number of carbonyl (C=O) groups excluding carboxylic acids is 1. The van der Waals surface area contributed by atoms with E-state index >= 15 is 0 Å². The molecule has 190 valence electrons. The van der Waals surface area contributed by atoms with Crippen molar-refractivity contribution in [1.82, 2.24) is 15.0 Å². The molecule has 0 radical (unpaired) electrons. The van der Waals surface area contributed by atoms with Crippen LogP contribution in [0.1, 0.15) is 15.9 Å². The van der Waals surface area contributed by atoms with Crippen LogP contribution in [0.15, 0.2) is 48.5 Å². The van der Waals surface area contributed by atoms with Crippen LogP contribution in [0.3, 0.4) is 0 Å². The Balaban J connectivity index is 1.41. The lowest BCUT2D eigenvalue weighted by Crippen LogP contribution is -2.36. The van der Waals surface area contributed by atoms with Gasteiger partial charge in [-0.1, -0.05) is 11.6 Å². The van der Waals surface area contributed by atoms with E-state index in [0.717, 1.165) is 5.56 Å². The van der Waals surface area contributed by atoms with Crippen LogP contribution in [-0.4, -0.2) is 59.2 Å². The highest BCUT2D eigenvalue weighted by molar-refractivity contribution is 6.32. The third-order valence-corrected chi connectivity index (χ3v) is 6.42. The molecule has 0 aliphatic carbocycles. The summed E-state index contributed by atoms with van der Waals surface area (Å²) in [5, 5.41) is 24.1. The molecule has 37 heavy (non-hydrogen) atoms. The Bertz CT molecular complexity index is 1520. The molecule has 4 aromatic rings. The normalized spacial score (nSPS) is 13.5. The Kier molecular flexibility index (Phi) is 6.64. The lowest BCUT2D eigenvalue weighted by atomic mass is 10.1. The molecule has 1 aliphatic rings. The van der Waals surface area contributed by atoms with Gasteiger partial charge in [-0.25, -0.2) is 0 Å². The van der Waals surface area contributed by atoms with Crippen LogP contribution in [0.4, 0.5) is 17.1 Å². The van der Waals surface area contributed by atoms with Crippen LogP contribution in [0.5, 0.6) is 5.75 Å². The van der Waals surface area contributed by atoms with Crippen LogP contribution in [0.25, 0.3) is 16.7 Å². The number of morpholine rings is 1. The molecule has 12 heteroatoms. The Morgan fingerprint density at radius 2 is 1.84 bits per heavy atom. The summed E-state index contributed by atoms with van der Waals surface area (Å²) in [7, 11) is 1.54. The standard InChI is InChI=1S/C25H23ClN6O5/c1-15-11-20-21(29-31(28-20)17-4-6-24(36-2)18(26)13-17)14-19(15)27-25(33)16-3-5-22(23(12-16)32(34)35)30-7-9-37-10-8-30/h3-6,11-14H,7-10H2,1-2H3,(H,27,33). The van der Waals surface area contributed by atoms with Gasteiger partial charge < -0.3 is 19.7 Å². The fourth-order valence-corrected chi connectivity index (χ4v) is 4.43. The number of rotatable bonds is 6. The molecular weight excluding hydrogens is 500 g/mol. The summed E-state index contributed by atoms with van der Waals surface area (Å²) >= 11 is 6.24. The first-order valence-corrected chi connectivity index (χ1v) is 11.9. The molecule has 0 spiro atoms. The second-order valence-corrected chi connectivity index (χ2v) is 8.89. The van der Waals surface area contributed by atoms with E-state index in [-0.39, 0.29) is 11.3 Å². The second-order valence-electron chi connectivity index (χ2n) is 8.48. The highest BCUT2D eigenvalue weighted by Gasteiger charge is 2.23. The van der Waals surface area contributed by atoms with Crippen molar-refractivity contribution >= 4 is 45.6 Å². The Morgan fingerprint density at radius 3 is 2.51 bits per heavy atom. The van der Waals surface area contributed by atoms with E-state index in [1.165, 1.54) is 18.0 Å². The number of fused-ring (bicyclic) bond motifs is 1. The summed E-state index contributed by atoms with van der Waals surface area (Å²) in [6.07, 6.45) is 0. The number of amides is 1. The summed E-state index contributed by atoms with van der Waals surface area (Å²) in [4.78, 5) is 27.7. The number of carbonyl (C=O) groups is 1. The summed E-state index contributed by atoms with van der Waals surface area (Å²) in [6, 6.07) is 13.2. The molecule has 1 aliphatic heterocycles. The number of hydrogen-bond acceptors (Lipinski definition) is 8. The highest BCUT2D eigenvalue weighted by atomic mass is 35.5. The lowest BCUT2D eigenvalue weighted by Gasteiger charge is -2.28. The first-order chi connectivity index (χ1) is 17.8. The zero-order valence-corrected chi connectivity index (χ0v) is 20.9. The second kappa shape index (κ2) is 10.0. The molecule has 0 atom stereocenters. The summed E-state index contributed by atoms with van der Waals surface area (Å²) in [5.41, 5.74) is 3.66. The van der Waals surface area contributed by atoms with Crippen LogP contribution < -0.4 is 15.0 Å². The Labute approximate surface area is 216 Å². The maximum atomic E-state index is 13.1. The number of benzene rings is 3. The van der Waals surface area contributed by atoms with Gasteiger partial charge in [-0.05, 0) is 55.0 Å². The number of nitro benzene ring substituents is 1. The van der Waals surface area contributed by atoms with E-state index < -0.39 is 10.8 Å². The van der Waals surface area contributed by atoms with Crippen molar-refractivity contribution in [3.63, 3.8) is 0 Å². The van der Waals surface area contributed by atoms with Gasteiger partial charge in [0.1, 0.15) is 22.5 Å². The molecule has 0 saturated carbocycles. The minimum atomic E-state index is -0.470. The SMILES string of the molecule is COc1ccc(-n2nc3cc(C)c(NC(=O)c4ccc(N5CCOCC5)c([N+](=O)[O-])c4)cc3n2)cc1Cl. The molecule has 2 heterocycles. The van der Waals surface area contributed by atoms with Gasteiger partial charge in [-0.3, -0.25) is 14.9 Å². The molecule has 0 unspecified atom stereocenters. The van der Waals surface area contributed by atoms with Gasteiger partial charge in [0, 0.05) is 30.4 Å². The lowest BCUT2D eigenvalue weighted by molar-refractivity contribution is -0.384. The van der Waals surface area contributed by atoms with E-state index in [1.54, 1.807) is 36.4 Å². The molecule has 3 aromatic carbocycles. The number of halogens is 1. The van der Waals surface area contributed by atoms with E-state index in [0.29, 0.717) is 65.2 Å². The monoisotopic (exact) mass is 522 g/mol. The van der Waals surface area contributed by atoms with Crippen molar-refractivity contribution < 1.29 is 19.2 Å². The smallest absolute Gasteiger partial charge is 0.293 e. The number of hydrogen-bond donors (Lipinski definition) is 1. The third-order valence-electron chi connectivity index (χ3n) is 6.13. The van der Waals surface area contributed by atoms with Gasteiger partial charge >= 0.3 is 0 Å². The van der Waals surface area contributed by atoms with Crippen molar-refractivity contribution in [2.45, 2.75) is 6.92 Å². The van der Waals surface area contributed by atoms with Gasteiger partial charge in [0.15, 0.2) is 0 Å². The van der Waals surface area contributed by atoms with Gasteiger partial charge in [0.05, 0.1) is 36.0 Å². The van der Waals surface area contributed by atoms with E-state index in [9.17, 15) is 14.9 Å². The van der Waals surface area contributed by atoms with E-state index in [4.69, 9.17) is 21.1 Å². The number of aryl methyl sites for hydroxylation is 1. The minimum Gasteiger partial charge on any atom is -0.495 e. The largest absolute Gasteiger partial charge is 0.495 e. The number of nitro groups is 1. The average Bonchev–Trinajstić information content (AvgIpc) is 3.31. The fraction of sp³-hybridized carbons (Fsp3) is 0.240. The van der Waals surface area contributed by atoms with Crippen molar-refractivity contribution in [3.05, 3.63) is 74.8 Å². The molecule has 1 fully saturated rings. The number of anilines is 2. The van der Waals surface area contributed by atoms with Gasteiger partial charge in [-0.2, -0.15) is 4.80 Å². The maximum Gasteiger partial charge on any atom is 0.293 e. The van der Waals surface area contributed by atoms with Crippen molar-refractivity contribution in [1.29, 1.82) is 0 Å². The Hall–Kier alpha value is -4.22. The maximum absolute atomic E-state index is 13.1.